The first kappa shape index (κ1) is 21.8. The Labute approximate surface area is 186 Å². The molecule has 0 aliphatic carbocycles. The van der Waals surface area contributed by atoms with Crippen LogP contribution in [-0.2, 0) is 6.54 Å². The van der Waals surface area contributed by atoms with E-state index in [-0.39, 0.29) is 24.0 Å². The van der Waals surface area contributed by atoms with Gasteiger partial charge in [0.1, 0.15) is 5.75 Å². The molecule has 0 aromatic heterocycles. The van der Waals surface area contributed by atoms with E-state index >= 15 is 0 Å². The van der Waals surface area contributed by atoms with Crippen molar-refractivity contribution in [2.75, 3.05) is 32.1 Å². The minimum atomic E-state index is 0. The number of halogens is 2. The van der Waals surface area contributed by atoms with Crippen LogP contribution in [0.3, 0.4) is 0 Å². The Morgan fingerprint density at radius 3 is 2.74 bits per heavy atom. The molecule has 146 valence electrons. The molecule has 2 aromatic rings. The SMILES string of the molecule is CN=C(NCc1cccc(OC)c1)NC1CCN(c2ccc(Br)cc2)C1.I. The van der Waals surface area contributed by atoms with Crippen molar-refractivity contribution in [3.63, 3.8) is 0 Å². The summed E-state index contributed by atoms with van der Waals surface area (Å²) in [6, 6.07) is 16.9. The number of rotatable bonds is 5. The highest BCUT2D eigenvalue weighted by Gasteiger charge is 2.23. The fraction of sp³-hybridized carbons (Fsp3) is 0.350. The lowest BCUT2D eigenvalue weighted by atomic mass is 10.2. The van der Waals surface area contributed by atoms with E-state index in [9.17, 15) is 0 Å². The Hall–Kier alpha value is -1.48. The van der Waals surface area contributed by atoms with Gasteiger partial charge in [-0.05, 0) is 48.4 Å². The van der Waals surface area contributed by atoms with Crippen molar-refractivity contribution in [2.24, 2.45) is 4.99 Å². The van der Waals surface area contributed by atoms with E-state index in [1.807, 2.05) is 25.2 Å². The van der Waals surface area contributed by atoms with Gasteiger partial charge < -0.3 is 20.3 Å². The van der Waals surface area contributed by atoms with Crippen LogP contribution >= 0.6 is 39.9 Å². The van der Waals surface area contributed by atoms with Crippen LogP contribution in [0.15, 0.2) is 58.0 Å². The molecule has 1 unspecified atom stereocenters. The number of aliphatic imine (C=N–C) groups is 1. The van der Waals surface area contributed by atoms with E-state index in [2.05, 4.69) is 66.8 Å². The highest BCUT2D eigenvalue weighted by Crippen LogP contribution is 2.22. The molecule has 3 rings (SSSR count). The average molecular weight is 545 g/mol. The molecule has 0 radical (unpaired) electrons. The maximum Gasteiger partial charge on any atom is 0.191 e. The van der Waals surface area contributed by atoms with Gasteiger partial charge in [-0.3, -0.25) is 4.99 Å². The van der Waals surface area contributed by atoms with Crippen LogP contribution in [0.4, 0.5) is 5.69 Å². The van der Waals surface area contributed by atoms with E-state index in [4.69, 9.17) is 4.74 Å². The third-order valence-electron chi connectivity index (χ3n) is 4.54. The van der Waals surface area contributed by atoms with Crippen molar-refractivity contribution in [1.82, 2.24) is 10.6 Å². The molecule has 0 spiro atoms. The fourth-order valence-corrected chi connectivity index (χ4v) is 3.39. The van der Waals surface area contributed by atoms with Crippen molar-refractivity contribution in [1.29, 1.82) is 0 Å². The first-order valence-corrected chi connectivity index (χ1v) is 9.58. The number of anilines is 1. The van der Waals surface area contributed by atoms with Crippen LogP contribution in [0.2, 0.25) is 0 Å². The van der Waals surface area contributed by atoms with Crippen LogP contribution in [0, 0.1) is 0 Å². The molecule has 7 heteroatoms. The minimum absolute atomic E-state index is 0. The molecule has 1 atom stereocenters. The normalized spacial score (nSPS) is 16.6. The lowest BCUT2D eigenvalue weighted by Crippen LogP contribution is -2.44. The molecule has 1 saturated heterocycles. The van der Waals surface area contributed by atoms with Gasteiger partial charge in [-0.15, -0.1) is 24.0 Å². The zero-order chi connectivity index (χ0) is 18.4. The van der Waals surface area contributed by atoms with E-state index in [1.54, 1.807) is 7.11 Å². The Kier molecular flexibility index (Phi) is 8.69. The summed E-state index contributed by atoms with van der Waals surface area (Å²) >= 11 is 3.49. The number of hydrogen-bond acceptors (Lipinski definition) is 3. The summed E-state index contributed by atoms with van der Waals surface area (Å²) in [5.74, 6) is 1.70. The van der Waals surface area contributed by atoms with Gasteiger partial charge in [0, 0.05) is 42.9 Å². The summed E-state index contributed by atoms with van der Waals surface area (Å²) in [6.45, 7) is 2.73. The van der Waals surface area contributed by atoms with Crippen molar-refractivity contribution in [2.45, 2.75) is 19.0 Å². The molecule has 5 nitrogen and oxygen atoms in total. The molecule has 2 N–H and O–H groups in total. The minimum Gasteiger partial charge on any atom is -0.497 e. The van der Waals surface area contributed by atoms with E-state index in [1.165, 1.54) is 5.69 Å². The smallest absolute Gasteiger partial charge is 0.191 e. The number of ether oxygens (including phenoxy) is 1. The summed E-state index contributed by atoms with van der Waals surface area (Å²) in [6.07, 6.45) is 1.09. The second-order valence-electron chi connectivity index (χ2n) is 6.33. The first-order valence-electron chi connectivity index (χ1n) is 8.78. The molecule has 1 fully saturated rings. The van der Waals surface area contributed by atoms with Gasteiger partial charge in [0.25, 0.3) is 0 Å². The molecule has 0 amide bonds. The Balaban J connectivity index is 0.00000261. The zero-order valence-electron chi connectivity index (χ0n) is 15.6. The average Bonchev–Trinajstić information content (AvgIpc) is 3.14. The van der Waals surface area contributed by atoms with Crippen LogP contribution < -0.4 is 20.3 Å². The van der Waals surface area contributed by atoms with Crippen LogP contribution in [0.1, 0.15) is 12.0 Å². The number of nitrogens with one attached hydrogen (secondary N) is 2. The number of methoxy groups -OCH3 is 1. The van der Waals surface area contributed by atoms with Crippen molar-refractivity contribution >= 4 is 51.6 Å². The molecule has 1 aliphatic rings. The van der Waals surface area contributed by atoms with Gasteiger partial charge in [0.05, 0.1) is 7.11 Å². The maximum absolute atomic E-state index is 5.27. The van der Waals surface area contributed by atoms with Crippen LogP contribution in [-0.4, -0.2) is 39.2 Å². The van der Waals surface area contributed by atoms with E-state index in [0.717, 1.165) is 41.3 Å². The molecule has 0 saturated carbocycles. The Morgan fingerprint density at radius 2 is 2.04 bits per heavy atom. The van der Waals surface area contributed by atoms with Gasteiger partial charge in [-0.1, -0.05) is 28.1 Å². The quantitative estimate of drug-likeness (QED) is 0.339. The molecule has 27 heavy (non-hydrogen) atoms. The summed E-state index contributed by atoms with van der Waals surface area (Å²) in [4.78, 5) is 6.76. The lowest BCUT2D eigenvalue weighted by molar-refractivity contribution is 0.414. The van der Waals surface area contributed by atoms with Crippen LogP contribution in [0.5, 0.6) is 5.75 Å². The van der Waals surface area contributed by atoms with Crippen molar-refractivity contribution < 1.29 is 4.74 Å². The third kappa shape index (κ3) is 6.27. The largest absolute Gasteiger partial charge is 0.497 e. The van der Waals surface area contributed by atoms with Crippen LogP contribution in [0.25, 0.3) is 0 Å². The number of hydrogen-bond donors (Lipinski definition) is 2. The van der Waals surface area contributed by atoms with Gasteiger partial charge in [0.15, 0.2) is 5.96 Å². The first-order chi connectivity index (χ1) is 12.7. The number of guanidine groups is 1. The van der Waals surface area contributed by atoms with Gasteiger partial charge in [0.2, 0.25) is 0 Å². The molecular weight excluding hydrogens is 519 g/mol. The van der Waals surface area contributed by atoms with Gasteiger partial charge >= 0.3 is 0 Å². The Morgan fingerprint density at radius 1 is 1.26 bits per heavy atom. The summed E-state index contributed by atoms with van der Waals surface area (Å²) < 4.78 is 6.38. The second kappa shape index (κ2) is 10.8. The van der Waals surface area contributed by atoms with E-state index in [0.29, 0.717) is 12.6 Å². The maximum atomic E-state index is 5.27. The van der Waals surface area contributed by atoms with E-state index < -0.39 is 0 Å². The zero-order valence-corrected chi connectivity index (χ0v) is 19.5. The fourth-order valence-electron chi connectivity index (χ4n) is 3.12. The lowest BCUT2D eigenvalue weighted by Gasteiger charge is -2.20. The monoisotopic (exact) mass is 544 g/mol. The summed E-state index contributed by atoms with van der Waals surface area (Å²) in [7, 11) is 3.49. The molecular formula is C20H26BrIN4O. The standard InChI is InChI=1S/C20H25BrN4O.HI/c1-22-20(23-13-15-4-3-5-19(12-15)26-2)24-17-10-11-25(14-17)18-8-6-16(21)7-9-18;/h3-9,12,17H,10-11,13-14H2,1-2H3,(H2,22,23,24);1H. The summed E-state index contributed by atoms with van der Waals surface area (Å²) in [5.41, 5.74) is 2.42. The second-order valence-corrected chi connectivity index (χ2v) is 7.25. The highest BCUT2D eigenvalue weighted by molar-refractivity contribution is 14.0. The topological polar surface area (TPSA) is 48.9 Å². The third-order valence-corrected chi connectivity index (χ3v) is 5.07. The predicted octanol–water partition coefficient (Wildman–Crippen LogP) is 4.02. The molecule has 2 aromatic carbocycles. The molecule has 1 aliphatic heterocycles. The molecule has 0 bridgehead atoms. The highest BCUT2D eigenvalue weighted by atomic mass is 127. The molecule has 1 heterocycles. The predicted molar refractivity (Wildman–Crippen MR) is 127 cm³/mol. The van der Waals surface area contributed by atoms with Gasteiger partial charge in [-0.2, -0.15) is 0 Å². The Bertz CT molecular complexity index is 754. The summed E-state index contributed by atoms with van der Waals surface area (Å²) in [5, 5.41) is 6.92. The number of benzene rings is 2. The number of nitrogens with zero attached hydrogens (tertiary/aromatic N) is 2. The van der Waals surface area contributed by atoms with Crippen molar-refractivity contribution in [3.8, 4) is 5.75 Å². The van der Waals surface area contributed by atoms with Crippen molar-refractivity contribution in [3.05, 3.63) is 58.6 Å². The van der Waals surface area contributed by atoms with Gasteiger partial charge in [-0.25, -0.2) is 0 Å².